The molecular formula is C21H28N4O3. The Balaban J connectivity index is 1.67. The summed E-state index contributed by atoms with van der Waals surface area (Å²) < 4.78 is 13.0. The number of morpholine rings is 1. The lowest BCUT2D eigenvalue weighted by Gasteiger charge is -2.36. The average Bonchev–Trinajstić information content (AvgIpc) is 3.45. The maximum Gasteiger partial charge on any atom is 0.356 e. The van der Waals surface area contributed by atoms with E-state index in [1.54, 1.807) is 6.20 Å². The van der Waals surface area contributed by atoms with Crippen molar-refractivity contribution < 1.29 is 14.3 Å². The minimum atomic E-state index is -0.376. The second kappa shape index (κ2) is 8.31. The Morgan fingerprint density at radius 1 is 1.32 bits per heavy atom. The molecule has 0 bridgehead atoms. The van der Waals surface area contributed by atoms with Crippen LogP contribution >= 0.6 is 0 Å². The Kier molecular flexibility index (Phi) is 5.62. The molecule has 28 heavy (non-hydrogen) atoms. The lowest BCUT2D eigenvalue weighted by atomic mass is 10.2. The Morgan fingerprint density at radius 3 is 2.93 bits per heavy atom. The number of ether oxygens (including phenoxy) is 2. The topological polar surface area (TPSA) is 69.5 Å². The Bertz CT molecular complexity index is 831. The van der Waals surface area contributed by atoms with Gasteiger partial charge in [-0.25, -0.2) is 14.8 Å². The van der Waals surface area contributed by atoms with Crippen LogP contribution in [-0.4, -0.2) is 52.9 Å². The van der Waals surface area contributed by atoms with Gasteiger partial charge in [0.2, 0.25) is 0 Å². The summed E-state index contributed by atoms with van der Waals surface area (Å²) in [5.41, 5.74) is 3.34. The number of hydrogen-bond acceptors (Lipinski definition) is 6. The molecule has 2 aromatic heterocycles. The molecule has 7 heteroatoms. The number of nitrogens with zero attached hydrogens (tertiary/aromatic N) is 4. The number of rotatable bonds is 7. The van der Waals surface area contributed by atoms with Crippen molar-refractivity contribution in [1.82, 2.24) is 14.5 Å². The Hall–Kier alpha value is -2.41. The summed E-state index contributed by atoms with van der Waals surface area (Å²) in [6.07, 6.45) is 9.94. The molecule has 1 aliphatic carbocycles. The van der Waals surface area contributed by atoms with E-state index in [0.717, 1.165) is 36.5 Å². The lowest BCUT2D eigenvalue weighted by molar-refractivity contribution is 0.0492. The normalized spacial score (nSPS) is 19.6. The van der Waals surface area contributed by atoms with E-state index in [1.165, 1.54) is 12.8 Å². The molecule has 0 aromatic carbocycles. The molecule has 1 saturated carbocycles. The first-order chi connectivity index (χ1) is 13.7. The monoisotopic (exact) mass is 384 g/mol. The first-order valence-corrected chi connectivity index (χ1v) is 10.2. The molecule has 3 heterocycles. The van der Waals surface area contributed by atoms with Crippen LogP contribution in [0.15, 0.2) is 24.8 Å². The van der Waals surface area contributed by atoms with E-state index in [9.17, 15) is 4.79 Å². The third-order valence-corrected chi connectivity index (χ3v) is 5.36. The van der Waals surface area contributed by atoms with Crippen LogP contribution in [-0.2, 0) is 9.47 Å². The zero-order valence-corrected chi connectivity index (χ0v) is 16.6. The van der Waals surface area contributed by atoms with Crippen molar-refractivity contribution in [2.75, 3.05) is 31.3 Å². The Labute approximate surface area is 165 Å². The van der Waals surface area contributed by atoms with E-state index in [1.807, 2.05) is 17.0 Å². The van der Waals surface area contributed by atoms with E-state index in [0.29, 0.717) is 31.4 Å². The SMILES string of the molecule is CCCCOC(=O)c1cc(-n2cnc(C3CC3)c2)c(N2CCOC[C@H]2C)cn1. The lowest BCUT2D eigenvalue weighted by Crippen LogP contribution is -2.44. The molecule has 150 valence electrons. The van der Waals surface area contributed by atoms with Crippen LogP contribution < -0.4 is 4.90 Å². The minimum Gasteiger partial charge on any atom is -0.461 e. The van der Waals surface area contributed by atoms with Gasteiger partial charge >= 0.3 is 5.97 Å². The van der Waals surface area contributed by atoms with Crippen LogP contribution in [0.25, 0.3) is 5.69 Å². The third-order valence-electron chi connectivity index (χ3n) is 5.36. The van der Waals surface area contributed by atoms with Gasteiger partial charge in [-0.3, -0.25) is 0 Å². The van der Waals surface area contributed by atoms with E-state index >= 15 is 0 Å². The zero-order chi connectivity index (χ0) is 19.5. The maximum atomic E-state index is 12.4. The van der Waals surface area contributed by atoms with Crippen LogP contribution in [0.5, 0.6) is 0 Å². The van der Waals surface area contributed by atoms with Crippen LogP contribution in [0.2, 0.25) is 0 Å². The summed E-state index contributed by atoms with van der Waals surface area (Å²) in [6.45, 7) is 6.78. The van der Waals surface area contributed by atoms with Gasteiger partial charge < -0.3 is 18.9 Å². The molecule has 4 rings (SSSR count). The van der Waals surface area contributed by atoms with E-state index in [-0.39, 0.29) is 12.0 Å². The average molecular weight is 384 g/mol. The number of hydrogen-bond donors (Lipinski definition) is 0. The second-order valence-corrected chi connectivity index (χ2v) is 7.65. The number of pyridine rings is 1. The second-order valence-electron chi connectivity index (χ2n) is 7.65. The van der Waals surface area contributed by atoms with Gasteiger partial charge in [-0.05, 0) is 32.3 Å². The van der Waals surface area contributed by atoms with E-state index in [2.05, 4.69) is 34.9 Å². The van der Waals surface area contributed by atoms with Crippen molar-refractivity contribution in [1.29, 1.82) is 0 Å². The van der Waals surface area contributed by atoms with Crippen LogP contribution in [0.3, 0.4) is 0 Å². The molecular weight excluding hydrogens is 356 g/mol. The summed E-state index contributed by atoms with van der Waals surface area (Å²) in [4.78, 5) is 23.7. The molecule has 0 N–H and O–H groups in total. The molecule has 0 radical (unpaired) electrons. The zero-order valence-electron chi connectivity index (χ0n) is 16.6. The molecule has 1 saturated heterocycles. The molecule has 0 spiro atoms. The number of carbonyl (C=O) groups is 1. The highest BCUT2D eigenvalue weighted by Gasteiger charge is 2.28. The highest BCUT2D eigenvalue weighted by atomic mass is 16.5. The fourth-order valence-corrected chi connectivity index (χ4v) is 3.51. The van der Waals surface area contributed by atoms with Gasteiger partial charge in [0.25, 0.3) is 0 Å². The molecule has 0 unspecified atom stereocenters. The summed E-state index contributed by atoms with van der Waals surface area (Å²) >= 11 is 0. The minimum absolute atomic E-state index is 0.239. The predicted octanol–water partition coefficient (Wildman–Crippen LogP) is 3.33. The van der Waals surface area contributed by atoms with Gasteiger partial charge in [0.05, 0.1) is 49.4 Å². The van der Waals surface area contributed by atoms with Gasteiger partial charge in [0, 0.05) is 24.7 Å². The molecule has 2 aliphatic rings. The molecule has 7 nitrogen and oxygen atoms in total. The van der Waals surface area contributed by atoms with Crippen LogP contribution in [0.1, 0.15) is 61.6 Å². The number of carbonyl (C=O) groups excluding carboxylic acids is 1. The number of unbranched alkanes of at least 4 members (excludes halogenated alkanes) is 1. The number of anilines is 1. The highest BCUT2D eigenvalue weighted by Crippen LogP contribution is 2.39. The Morgan fingerprint density at radius 2 is 2.18 bits per heavy atom. The number of imidazole rings is 1. The van der Waals surface area contributed by atoms with E-state index in [4.69, 9.17) is 9.47 Å². The summed E-state index contributed by atoms with van der Waals surface area (Å²) in [7, 11) is 0. The molecule has 0 amide bonds. The van der Waals surface area contributed by atoms with Gasteiger partial charge in [-0.15, -0.1) is 0 Å². The fraction of sp³-hybridized carbons (Fsp3) is 0.571. The predicted molar refractivity (Wildman–Crippen MR) is 106 cm³/mol. The molecule has 2 aromatic rings. The largest absolute Gasteiger partial charge is 0.461 e. The smallest absolute Gasteiger partial charge is 0.356 e. The van der Waals surface area contributed by atoms with Crippen molar-refractivity contribution in [2.45, 2.75) is 51.5 Å². The quantitative estimate of drug-likeness (QED) is 0.539. The van der Waals surface area contributed by atoms with Gasteiger partial charge in [0.15, 0.2) is 5.69 Å². The third kappa shape index (κ3) is 4.04. The molecule has 1 atom stereocenters. The van der Waals surface area contributed by atoms with Crippen LogP contribution in [0, 0.1) is 0 Å². The summed E-state index contributed by atoms with van der Waals surface area (Å²) in [6, 6.07) is 2.06. The first-order valence-electron chi connectivity index (χ1n) is 10.2. The number of aromatic nitrogens is 3. The number of esters is 1. The van der Waals surface area contributed by atoms with Gasteiger partial charge in [0.1, 0.15) is 0 Å². The van der Waals surface area contributed by atoms with Crippen LogP contribution in [0.4, 0.5) is 5.69 Å². The first kappa shape index (κ1) is 18.9. The van der Waals surface area contributed by atoms with Crippen molar-refractivity contribution in [3.8, 4) is 5.69 Å². The standard InChI is InChI=1S/C21H28N4O3/c1-3-4-8-28-21(26)17-10-19(24-12-18(23-14-24)16-5-6-16)20(11-22-17)25-7-9-27-13-15(25)2/h10-12,14-16H,3-9,13H2,1-2H3/t15-/m1/s1. The molecule has 1 aliphatic heterocycles. The fourth-order valence-electron chi connectivity index (χ4n) is 3.51. The summed E-state index contributed by atoms with van der Waals surface area (Å²) in [5, 5.41) is 0. The van der Waals surface area contributed by atoms with Crippen molar-refractivity contribution in [3.63, 3.8) is 0 Å². The molecule has 2 fully saturated rings. The maximum absolute atomic E-state index is 12.4. The van der Waals surface area contributed by atoms with Crippen molar-refractivity contribution >= 4 is 11.7 Å². The van der Waals surface area contributed by atoms with Crippen molar-refractivity contribution in [2.24, 2.45) is 0 Å². The van der Waals surface area contributed by atoms with Gasteiger partial charge in [-0.1, -0.05) is 13.3 Å². The van der Waals surface area contributed by atoms with Crippen molar-refractivity contribution in [3.05, 3.63) is 36.2 Å². The van der Waals surface area contributed by atoms with Gasteiger partial charge in [-0.2, -0.15) is 0 Å². The van der Waals surface area contributed by atoms with E-state index < -0.39 is 0 Å². The summed E-state index contributed by atoms with van der Waals surface area (Å²) in [5.74, 6) is 0.200. The highest BCUT2D eigenvalue weighted by molar-refractivity contribution is 5.89.